The molecule has 1 atom stereocenters. The Morgan fingerprint density at radius 1 is 1.19 bits per heavy atom. The number of carbonyl (C=O) groups excluding carboxylic acids is 2. The molecule has 0 N–H and O–H groups in total. The van der Waals surface area contributed by atoms with E-state index in [-0.39, 0.29) is 12.5 Å². The van der Waals surface area contributed by atoms with Gasteiger partial charge in [0.1, 0.15) is 6.10 Å². The van der Waals surface area contributed by atoms with Crippen molar-refractivity contribution in [3.63, 3.8) is 0 Å². The van der Waals surface area contributed by atoms with Crippen molar-refractivity contribution in [2.24, 2.45) is 5.11 Å². The van der Waals surface area contributed by atoms with Crippen molar-refractivity contribution >= 4 is 11.9 Å². The molecule has 0 aromatic heterocycles. The molecule has 0 aliphatic heterocycles. The summed E-state index contributed by atoms with van der Waals surface area (Å²) in [6.07, 6.45) is -1.31. The van der Waals surface area contributed by atoms with Crippen LogP contribution in [0, 0.1) is 0 Å². The molecule has 0 heterocycles. The fraction of sp³-hybridized carbons (Fsp3) is 0.833. The van der Waals surface area contributed by atoms with Gasteiger partial charge >= 0.3 is 11.9 Å². The van der Waals surface area contributed by atoms with Crippen LogP contribution >= 0.6 is 0 Å². The molecule has 1 fully saturated rings. The normalized spacial score (nSPS) is 16.9. The summed E-state index contributed by atoms with van der Waals surface area (Å²) >= 11 is 0. The standard InChI is InChI=1S/C12H17F2N3O4/c13-11(14)12(16-17-15)21-10(19)7-6-9(18)20-8-4-2-1-3-5-8/h8,11-12H,1-7H2. The predicted octanol–water partition coefficient (Wildman–Crippen LogP) is 3.09. The van der Waals surface area contributed by atoms with Gasteiger partial charge in [-0.2, -0.15) is 0 Å². The topological polar surface area (TPSA) is 101 Å². The van der Waals surface area contributed by atoms with Crippen LogP contribution in [0.5, 0.6) is 0 Å². The minimum absolute atomic E-state index is 0.126. The minimum Gasteiger partial charge on any atom is -0.462 e. The lowest BCUT2D eigenvalue weighted by Crippen LogP contribution is -2.24. The molecule has 9 heteroatoms. The van der Waals surface area contributed by atoms with Crippen LogP contribution in [0.15, 0.2) is 5.11 Å². The average Bonchev–Trinajstić information content (AvgIpc) is 2.45. The number of hydrogen-bond donors (Lipinski definition) is 0. The first-order valence-electron chi connectivity index (χ1n) is 6.74. The number of halogens is 2. The van der Waals surface area contributed by atoms with E-state index >= 15 is 0 Å². The van der Waals surface area contributed by atoms with Crippen LogP contribution < -0.4 is 0 Å². The zero-order chi connectivity index (χ0) is 15.7. The van der Waals surface area contributed by atoms with Gasteiger partial charge in [0.05, 0.1) is 12.8 Å². The Bertz CT molecular complexity index is 407. The van der Waals surface area contributed by atoms with Crippen LogP contribution in [0.4, 0.5) is 8.78 Å². The van der Waals surface area contributed by atoms with E-state index in [2.05, 4.69) is 14.8 Å². The first-order valence-corrected chi connectivity index (χ1v) is 6.74. The van der Waals surface area contributed by atoms with Crippen molar-refractivity contribution in [1.29, 1.82) is 0 Å². The molecule has 0 aromatic rings. The first kappa shape index (κ1) is 17.2. The van der Waals surface area contributed by atoms with E-state index in [1.807, 2.05) is 0 Å². The highest BCUT2D eigenvalue weighted by atomic mass is 19.3. The molecule has 0 bridgehead atoms. The highest BCUT2D eigenvalue weighted by Gasteiger charge is 2.24. The molecule has 1 saturated carbocycles. The Morgan fingerprint density at radius 2 is 1.81 bits per heavy atom. The molecule has 1 aliphatic carbocycles. The Morgan fingerprint density at radius 3 is 2.38 bits per heavy atom. The van der Waals surface area contributed by atoms with Crippen LogP contribution in [0.2, 0.25) is 0 Å². The fourth-order valence-electron chi connectivity index (χ4n) is 2.00. The van der Waals surface area contributed by atoms with E-state index in [1.165, 1.54) is 0 Å². The number of rotatable bonds is 7. The molecule has 0 spiro atoms. The minimum atomic E-state index is -3.11. The van der Waals surface area contributed by atoms with Crippen molar-refractivity contribution < 1.29 is 27.8 Å². The highest BCUT2D eigenvalue weighted by Crippen LogP contribution is 2.21. The van der Waals surface area contributed by atoms with Crippen LogP contribution in [0.1, 0.15) is 44.9 Å². The molecular formula is C12H17F2N3O4. The van der Waals surface area contributed by atoms with E-state index < -0.39 is 31.0 Å². The summed E-state index contributed by atoms with van der Waals surface area (Å²) in [6, 6.07) is 0. The maximum Gasteiger partial charge on any atom is 0.306 e. The summed E-state index contributed by atoms with van der Waals surface area (Å²) < 4.78 is 34.1. The van der Waals surface area contributed by atoms with E-state index in [0.29, 0.717) is 0 Å². The molecule has 1 aliphatic rings. The number of nitrogens with zero attached hydrogens (tertiary/aromatic N) is 3. The lowest BCUT2D eigenvalue weighted by atomic mass is 9.98. The average molecular weight is 305 g/mol. The summed E-state index contributed by atoms with van der Waals surface area (Å²) in [5.74, 6) is -1.59. The van der Waals surface area contributed by atoms with Crippen LogP contribution in [-0.4, -0.2) is 30.7 Å². The van der Waals surface area contributed by atoms with Gasteiger partial charge in [0.25, 0.3) is 6.43 Å². The fourth-order valence-corrected chi connectivity index (χ4v) is 2.00. The van der Waals surface area contributed by atoms with Gasteiger partial charge in [-0.15, -0.1) is 0 Å². The molecule has 0 aromatic carbocycles. The SMILES string of the molecule is [N-]=[N+]=NC(OC(=O)CCC(=O)OC1CCCCC1)C(F)F. The molecular weight excluding hydrogens is 288 g/mol. The Balaban J connectivity index is 2.27. The number of alkyl halides is 2. The maximum absolute atomic E-state index is 12.3. The van der Waals surface area contributed by atoms with Crippen molar-refractivity contribution in [3.8, 4) is 0 Å². The van der Waals surface area contributed by atoms with E-state index in [9.17, 15) is 18.4 Å². The van der Waals surface area contributed by atoms with Crippen molar-refractivity contribution in [2.45, 2.75) is 63.7 Å². The third kappa shape index (κ3) is 6.89. The van der Waals surface area contributed by atoms with Gasteiger partial charge in [-0.05, 0) is 36.3 Å². The van der Waals surface area contributed by atoms with Gasteiger partial charge in [0, 0.05) is 4.91 Å². The second-order valence-electron chi connectivity index (χ2n) is 4.67. The zero-order valence-electron chi connectivity index (χ0n) is 11.4. The van der Waals surface area contributed by atoms with Gasteiger partial charge in [0.2, 0.25) is 6.23 Å². The van der Waals surface area contributed by atoms with Gasteiger partial charge in [-0.25, -0.2) is 8.78 Å². The Hall–Kier alpha value is -1.89. The molecule has 0 radical (unpaired) electrons. The number of azide groups is 1. The molecule has 0 amide bonds. The second-order valence-corrected chi connectivity index (χ2v) is 4.67. The van der Waals surface area contributed by atoms with Gasteiger partial charge in [-0.1, -0.05) is 6.42 Å². The number of hydrogen-bond acceptors (Lipinski definition) is 5. The number of ether oxygens (including phenoxy) is 2. The van der Waals surface area contributed by atoms with Crippen molar-refractivity contribution in [2.75, 3.05) is 0 Å². The number of esters is 2. The quantitative estimate of drug-likeness (QED) is 0.312. The second kappa shape index (κ2) is 9.12. The van der Waals surface area contributed by atoms with Gasteiger partial charge in [-0.3, -0.25) is 9.59 Å². The lowest BCUT2D eigenvalue weighted by Gasteiger charge is -2.21. The highest BCUT2D eigenvalue weighted by molar-refractivity contribution is 5.77. The molecule has 7 nitrogen and oxygen atoms in total. The Labute approximate surface area is 120 Å². The van der Waals surface area contributed by atoms with Crippen molar-refractivity contribution in [1.82, 2.24) is 0 Å². The summed E-state index contributed by atoms with van der Waals surface area (Å²) in [5.41, 5.74) is 8.06. The largest absolute Gasteiger partial charge is 0.462 e. The summed E-state index contributed by atoms with van der Waals surface area (Å²) in [7, 11) is 0. The first-order chi connectivity index (χ1) is 10.0. The summed E-state index contributed by atoms with van der Waals surface area (Å²) in [6.45, 7) is 0. The molecule has 21 heavy (non-hydrogen) atoms. The summed E-state index contributed by atoms with van der Waals surface area (Å²) in [4.78, 5) is 24.9. The Kier molecular flexibility index (Phi) is 7.45. The van der Waals surface area contributed by atoms with Crippen LogP contribution in [-0.2, 0) is 19.1 Å². The van der Waals surface area contributed by atoms with E-state index in [0.717, 1.165) is 32.1 Å². The predicted molar refractivity (Wildman–Crippen MR) is 67.2 cm³/mol. The smallest absolute Gasteiger partial charge is 0.306 e. The third-order valence-electron chi connectivity index (χ3n) is 3.02. The molecule has 1 unspecified atom stereocenters. The molecule has 0 saturated heterocycles. The van der Waals surface area contributed by atoms with Crippen LogP contribution in [0.3, 0.4) is 0 Å². The monoisotopic (exact) mass is 305 g/mol. The maximum atomic E-state index is 12.3. The molecule has 1 rings (SSSR count). The van der Waals surface area contributed by atoms with Gasteiger partial charge in [0.15, 0.2) is 0 Å². The van der Waals surface area contributed by atoms with E-state index in [4.69, 9.17) is 10.3 Å². The van der Waals surface area contributed by atoms with E-state index in [1.54, 1.807) is 0 Å². The van der Waals surface area contributed by atoms with Crippen LogP contribution in [0.25, 0.3) is 10.4 Å². The lowest BCUT2D eigenvalue weighted by molar-refractivity contribution is -0.161. The zero-order valence-corrected chi connectivity index (χ0v) is 11.4. The summed E-state index contributed by atoms with van der Waals surface area (Å²) in [5, 5.41) is 2.66. The van der Waals surface area contributed by atoms with Gasteiger partial charge < -0.3 is 9.47 Å². The van der Waals surface area contributed by atoms with Crippen molar-refractivity contribution in [3.05, 3.63) is 10.4 Å². The third-order valence-corrected chi connectivity index (χ3v) is 3.02. The number of carbonyl (C=O) groups is 2. The molecule has 118 valence electrons.